The lowest BCUT2D eigenvalue weighted by Gasteiger charge is -2.16. The predicted molar refractivity (Wildman–Crippen MR) is 91.2 cm³/mol. The van der Waals surface area contributed by atoms with E-state index in [0.29, 0.717) is 6.04 Å². The maximum Gasteiger partial charge on any atom is 0.238 e. The van der Waals surface area contributed by atoms with Gasteiger partial charge >= 0.3 is 0 Å². The molecule has 1 aliphatic carbocycles. The summed E-state index contributed by atoms with van der Waals surface area (Å²) in [5.74, 6) is -0.126. The highest BCUT2D eigenvalue weighted by Gasteiger charge is 2.23. The Labute approximate surface area is 138 Å². The monoisotopic (exact) mass is 401 g/mol. The van der Waals surface area contributed by atoms with Crippen LogP contribution in [0, 0.1) is 10.5 Å². The second-order valence-corrected chi connectivity index (χ2v) is 6.77. The van der Waals surface area contributed by atoms with E-state index >= 15 is 0 Å². The summed E-state index contributed by atoms with van der Waals surface area (Å²) < 4.78 is 1.14. The molecule has 21 heavy (non-hydrogen) atoms. The first-order valence-corrected chi connectivity index (χ1v) is 8.06. The van der Waals surface area contributed by atoms with E-state index in [9.17, 15) is 9.59 Å². The molecule has 2 N–H and O–H groups in total. The van der Waals surface area contributed by atoms with Gasteiger partial charge in [-0.3, -0.25) is 14.5 Å². The SMILES string of the molecule is Cc1cc(I)ccc1NC(=O)CN(C)CC(=O)NC1CC1. The number of anilines is 1. The van der Waals surface area contributed by atoms with Crippen molar-refractivity contribution in [2.75, 3.05) is 25.5 Å². The highest BCUT2D eigenvalue weighted by Crippen LogP contribution is 2.18. The number of aryl methyl sites for hydroxylation is 1. The van der Waals surface area contributed by atoms with E-state index < -0.39 is 0 Å². The van der Waals surface area contributed by atoms with Gasteiger partial charge in [-0.2, -0.15) is 0 Å². The molecular weight excluding hydrogens is 381 g/mol. The van der Waals surface area contributed by atoms with Crippen molar-refractivity contribution in [1.29, 1.82) is 0 Å². The van der Waals surface area contributed by atoms with Gasteiger partial charge in [0.1, 0.15) is 0 Å². The zero-order valence-electron chi connectivity index (χ0n) is 12.3. The molecule has 0 aliphatic heterocycles. The normalized spacial score (nSPS) is 14.1. The molecule has 1 fully saturated rings. The number of nitrogens with zero attached hydrogens (tertiary/aromatic N) is 1. The third kappa shape index (κ3) is 5.62. The highest BCUT2D eigenvalue weighted by molar-refractivity contribution is 14.1. The van der Waals surface area contributed by atoms with Crippen molar-refractivity contribution in [3.05, 3.63) is 27.3 Å². The molecule has 0 atom stereocenters. The average Bonchev–Trinajstić information content (AvgIpc) is 3.16. The molecule has 114 valence electrons. The van der Waals surface area contributed by atoms with E-state index in [1.165, 1.54) is 0 Å². The summed E-state index contributed by atoms with van der Waals surface area (Å²) in [6, 6.07) is 6.22. The molecule has 0 saturated heterocycles. The summed E-state index contributed by atoms with van der Waals surface area (Å²) in [6.45, 7) is 2.41. The van der Waals surface area contributed by atoms with Crippen molar-refractivity contribution < 1.29 is 9.59 Å². The minimum Gasteiger partial charge on any atom is -0.352 e. The van der Waals surface area contributed by atoms with E-state index in [-0.39, 0.29) is 24.9 Å². The Bertz CT molecular complexity index is 544. The summed E-state index contributed by atoms with van der Waals surface area (Å²) in [6.07, 6.45) is 2.14. The Balaban J connectivity index is 1.78. The maximum absolute atomic E-state index is 12.0. The van der Waals surface area contributed by atoms with Crippen LogP contribution in [0.1, 0.15) is 18.4 Å². The van der Waals surface area contributed by atoms with Gasteiger partial charge in [-0.25, -0.2) is 0 Å². The molecule has 0 aromatic heterocycles. The van der Waals surface area contributed by atoms with Gasteiger partial charge in [0, 0.05) is 15.3 Å². The average molecular weight is 401 g/mol. The van der Waals surface area contributed by atoms with E-state index in [4.69, 9.17) is 0 Å². The van der Waals surface area contributed by atoms with Gasteiger partial charge in [0.2, 0.25) is 11.8 Å². The van der Waals surface area contributed by atoms with Gasteiger partial charge in [-0.15, -0.1) is 0 Å². The largest absolute Gasteiger partial charge is 0.352 e. The zero-order chi connectivity index (χ0) is 15.4. The van der Waals surface area contributed by atoms with Crippen molar-refractivity contribution in [3.63, 3.8) is 0 Å². The third-order valence-corrected chi connectivity index (χ3v) is 3.90. The molecular formula is C15H20IN3O2. The molecule has 2 rings (SSSR count). The van der Waals surface area contributed by atoms with Crippen LogP contribution >= 0.6 is 22.6 Å². The van der Waals surface area contributed by atoms with Gasteiger partial charge in [0.15, 0.2) is 0 Å². The van der Waals surface area contributed by atoms with E-state index in [1.807, 2.05) is 25.1 Å². The van der Waals surface area contributed by atoms with Crippen molar-refractivity contribution in [3.8, 4) is 0 Å². The molecule has 0 bridgehead atoms. The number of likely N-dealkylation sites (N-methyl/N-ethyl adjacent to an activating group) is 1. The number of halogens is 1. The van der Waals surface area contributed by atoms with Crippen molar-refractivity contribution in [1.82, 2.24) is 10.2 Å². The molecule has 6 heteroatoms. The lowest BCUT2D eigenvalue weighted by Crippen LogP contribution is -2.39. The lowest BCUT2D eigenvalue weighted by atomic mass is 10.2. The Kier molecular flexibility index (Phi) is 5.58. The maximum atomic E-state index is 12.0. The number of rotatable bonds is 6. The van der Waals surface area contributed by atoms with Gasteiger partial charge in [-0.05, 0) is 73.2 Å². The topological polar surface area (TPSA) is 61.4 Å². The van der Waals surface area contributed by atoms with E-state index in [2.05, 4.69) is 33.2 Å². The number of carbonyl (C=O) groups is 2. The van der Waals surface area contributed by atoms with Crippen molar-refractivity contribution >= 4 is 40.1 Å². The van der Waals surface area contributed by atoms with Crippen LogP contribution in [-0.4, -0.2) is 42.9 Å². The molecule has 0 unspecified atom stereocenters. The van der Waals surface area contributed by atoms with Crippen LogP contribution in [0.3, 0.4) is 0 Å². The van der Waals surface area contributed by atoms with Crippen LogP contribution in [0.4, 0.5) is 5.69 Å². The fourth-order valence-corrected chi connectivity index (χ4v) is 2.65. The predicted octanol–water partition coefficient (Wildman–Crippen LogP) is 1.75. The molecule has 1 aromatic rings. The van der Waals surface area contributed by atoms with Crippen LogP contribution in [-0.2, 0) is 9.59 Å². The number of benzene rings is 1. The van der Waals surface area contributed by atoms with Gasteiger partial charge in [0.05, 0.1) is 13.1 Å². The smallest absolute Gasteiger partial charge is 0.238 e. The molecule has 1 aliphatic rings. The van der Waals surface area contributed by atoms with Crippen molar-refractivity contribution in [2.45, 2.75) is 25.8 Å². The Morgan fingerprint density at radius 2 is 1.95 bits per heavy atom. The molecule has 0 heterocycles. The van der Waals surface area contributed by atoms with Gasteiger partial charge in [-0.1, -0.05) is 0 Å². The lowest BCUT2D eigenvalue weighted by molar-refractivity contribution is -0.123. The highest BCUT2D eigenvalue weighted by atomic mass is 127. The van der Waals surface area contributed by atoms with E-state index in [0.717, 1.165) is 27.7 Å². The summed E-state index contributed by atoms with van der Waals surface area (Å²) in [5.41, 5.74) is 1.85. The Morgan fingerprint density at radius 3 is 2.57 bits per heavy atom. The number of hydrogen-bond acceptors (Lipinski definition) is 3. The summed E-state index contributed by atoms with van der Waals surface area (Å²) in [7, 11) is 1.77. The first-order valence-electron chi connectivity index (χ1n) is 6.98. The molecule has 0 radical (unpaired) electrons. The first kappa shape index (κ1) is 16.2. The minimum atomic E-state index is -0.110. The first-order chi connectivity index (χ1) is 9.94. The van der Waals surface area contributed by atoms with Crippen molar-refractivity contribution in [2.24, 2.45) is 0 Å². The van der Waals surface area contributed by atoms with Crippen LogP contribution in [0.5, 0.6) is 0 Å². The third-order valence-electron chi connectivity index (χ3n) is 3.23. The quantitative estimate of drug-likeness (QED) is 0.715. The van der Waals surface area contributed by atoms with E-state index in [1.54, 1.807) is 11.9 Å². The number of amides is 2. The Morgan fingerprint density at radius 1 is 1.29 bits per heavy atom. The summed E-state index contributed by atoms with van der Waals surface area (Å²) >= 11 is 2.24. The minimum absolute atomic E-state index is 0.0155. The second-order valence-electron chi connectivity index (χ2n) is 5.52. The van der Waals surface area contributed by atoms with Gasteiger partial charge < -0.3 is 10.6 Å². The standard InChI is InChI=1S/C15H20IN3O2/c1-10-7-11(16)3-6-13(10)18-15(21)9-19(2)8-14(20)17-12-4-5-12/h3,6-7,12H,4-5,8-9H2,1-2H3,(H,17,20)(H,18,21). The van der Waals surface area contributed by atoms with Crippen LogP contribution in [0.15, 0.2) is 18.2 Å². The second kappa shape index (κ2) is 7.22. The molecule has 2 amide bonds. The molecule has 1 saturated carbocycles. The van der Waals surface area contributed by atoms with Gasteiger partial charge in [0.25, 0.3) is 0 Å². The summed E-state index contributed by atoms with van der Waals surface area (Å²) in [5, 5.41) is 5.79. The number of nitrogens with one attached hydrogen (secondary N) is 2. The Hall–Kier alpha value is -1.15. The zero-order valence-corrected chi connectivity index (χ0v) is 14.4. The number of carbonyl (C=O) groups excluding carboxylic acids is 2. The molecule has 1 aromatic carbocycles. The molecule has 5 nitrogen and oxygen atoms in total. The summed E-state index contributed by atoms with van der Waals surface area (Å²) in [4.78, 5) is 25.4. The van der Waals surface area contributed by atoms with Crippen LogP contribution in [0.25, 0.3) is 0 Å². The van der Waals surface area contributed by atoms with Crippen LogP contribution < -0.4 is 10.6 Å². The van der Waals surface area contributed by atoms with Crippen LogP contribution in [0.2, 0.25) is 0 Å². The number of hydrogen-bond donors (Lipinski definition) is 2. The fraction of sp³-hybridized carbons (Fsp3) is 0.467. The molecule has 0 spiro atoms. The fourth-order valence-electron chi connectivity index (χ4n) is 2.00.